The monoisotopic (exact) mass is 487 g/mol. The van der Waals surface area contributed by atoms with E-state index in [2.05, 4.69) is 16.4 Å². The average Bonchev–Trinajstić information content (AvgIpc) is 3.36. The SMILES string of the molecule is COCCN(CCOC)S(=O)(=O)c1ccc(C(=O)Nc2nc3c(s2)Cc2ccccc2-3)cc1. The van der Waals surface area contributed by atoms with Crippen LogP contribution in [0.15, 0.2) is 53.4 Å². The molecule has 4 rings (SSSR count). The Morgan fingerprint density at radius 2 is 1.73 bits per heavy atom. The number of rotatable bonds is 10. The van der Waals surface area contributed by atoms with Crippen LogP contribution >= 0.6 is 11.3 Å². The Balaban J connectivity index is 1.46. The molecule has 1 N–H and O–H groups in total. The number of nitrogens with zero attached hydrogens (tertiary/aromatic N) is 2. The number of amides is 1. The Labute approximate surface area is 197 Å². The third kappa shape index (κ3) is 4.99. The zero-order chi connectivity index (χ0) is 23.4. The maximum atomic E-state index is 13.0. The third-order valence-corrected chi connectivity index (χ3v) is 8.27. The van der Waals surface area contributed by atoms with E-state index >= 15 is 0 Å². The van der Waals surface area contributed by atoms with E-state index in [9.17, 15) is 13.2 Å². The van der Waals surface area contributed by atoms with Crippen molar-refractivity contribution in [2.24, 2.45) is 0 Å². The minimum Gasteiger partial charge on any atom is -0.383 e. The van der Waals surface area contributed by atoms with Crippen LogP contribution in [0.4, 0.5) is 5.13 Å². The molecule has 0 radical (unpaired) electrons. The number of methoxy groups -OCH3 is 2. The Kier molecular flexibility index (Phi) is 7.20. The maximum Gasteiger partial charge on any atom is 0.257 e. The van der Waals surface area contributed by atoms with Crippen LogP contribution < -0.4 is 5.32 Å². The second kappa shape index (κ2) is 10.1. The van der Waals surface area contributed by atoms with Crippen molar-refractivity contribution in [1.82, 2.24) is 9.29 Å². The lowest BCUT2D eigenvalue weighted by Gasteiger charge is -2.21. The predicted molar refractivity (Wildman–Crippen MR) is 127 cm³/mol. The van der Waals surface area contributed by atoms with Gasteiger partial charge in [0.05, 0.1) is 23.8 Å². The van der Waals surface area contributed by atoms with Gasteiger partial charge < -0.3 is 9.47 Å². The van der Waals surface area contributed by atoms with Crippen LogP contribution in [0.1, 0.15) is 20.8 Å². The van der Waals surface area contributed by atoms with Crippen LogP contribution in [0.3, 0.4) is 0 Å². The molecule has 0 unspecified atom stereocenters. The van der Waals surface area contributed by atoms with Gasteiger partial charge >= 0.3 is 0 Å². The van der Waals surface area contributed by atoms with E-state index in [1.165, 1.54) is 59.7 Å². The number of carbonyl (C=O) groups is 1. The van der Waals surface area contributed by atoms with Crippen molar-refractivity contribution in [3.63, 3.8) is 0 Å². The summed E-state index contributed by atoms with van der Waals surface area (Å²) in [5.74, 6) is -0.338. The van der Waals surface area contributed by atoms with Crippen molar-refractivity contribution < 1.29 is 22.7 Å². The molecule has 3 aromatic rings. The third-order valence-electron chi connectivity index (χ3n) is 5.39. The number of ether oxygens (including phenoxy) is 2. The molecule has 8 nitrogen and oxygen atoms in total. The molecule has 1 aliphatic rings. The Hall–Kier alpha value is -2.63. The molecule has 1 aliphatic carbocycles. The summed E-state index contributed by atoms with van der Waals surface area (Å²) < 4.78 is 37.4. The molecular weight excluding hydrogens is 462 g/mol. The van der Waals surface area contributed by atoms with Gasteiger partial charge in [-0.15, -0.1) is 11.3 Å². The standard InChI is InChI=1S/C23H25N3O5S2/c1-30-13-11-26(12-14-31-2)33(28,29)18-9-7-16(8-10-18)22(27)25-23-24-21-19-6-4-3-5-17(19)15-20(21)32-23/h3-10H,11-15H2,1-2H3,(H,24,25,27). The number of thiazole rings is 1. The summed E-state index contributed by atoms with van der Waals surface area (Å²) in [6.07, 6.45) is 0.814. The van der Waals surface area contributed by atoms with E-state index in [0.717, 1.165) is 22.6 Å². The summed E-state index contributed by atoms with van der Waals surface area (Å²) in [5, 5.41) is 3.36. The van der Waals surface area contributed by atoms with Crippen LogP contribution in [0.2, 0.25) is 0 Å². The maximum absolute atomic E-state index is 13.0. The van der Waals surface area contributed by atoms with Crippen LogP contribution in [0.5, 0.6) is 0 Å². The number of hydrogen-bond acceptors (Lipinski definition) is 7. The first kappa shape index (κ1) is 23.5. The second-order valence-corrected chi connectivity index (χ2v) is 10.5. The van der Waals surface area contributed by atoms with Gasteiger partial charge in [0.1, 0.15) is 0 Å². The van der Waals surface area contributed by atoms with Crippen molar-refractivity contribution in [2.75, 3.05) is 45.8 Å². The number of aromatic nitrogens is 1. The van der Waals surface area contributed by atoms with Crippen molar-refractivity contribution in [2.45, 2.75) is 11.3 Å². The van der Waals surface area contributed by atoms with E-state index in [0.29, 0.717) is 10.7 Å². The summed E-state index contributed by atoms with van der Waals surface area (Å²) in [6.45, 7) is 0.960. The highest BCUT2D eigenvalue weighted by atomic mass is 32.2. The van der Waals surface area contributed by atoms with E-state index in [-0.39, 0.29) is 37.1 Å². The molecule has 0 fully saturated rings. The molecule has 0 spiro atoms. The Bertz CT molecular complexity index is 1230. The second-order valence-electron chi connectivity index (χ2n) is 7.49. The van der Waals surface area contributed by atoms with Crippen molar-refractivity contribution in [1.29, 1.82) is 0 Å². The van der Waals surface area contributed by atoms with Gasteiger partial charge in [0.2, 0.25) is 10.0 Å². The number of carbonyl (C=O) groups excluding carboxylic acids is 1. The van der Waals surface area contributed by atoms with E-state index in [1.54, 1.807) is 0 Å². The normalized spacial score (nSPS) is 12.6. The number of sulfonamides is 1. The van der Waals surface area contributed by atoms with Crippen LogP contribution in [0.25, 0.3) is 11.3 Å². The molecule has 2 aromatic carbocycles. The molecule has 0 bridgehead atoms. The molecule has 1 heterocycles. The summed E-state index contributed by atoms with van der Waals surface area (Å²) >= 11 is 1.46. The molecule has 1 amide bonds. The molecule has 33 heavy (non-hydrogen) atoms. The van der Waals surface area contributed by atoms with Gasteiger partial charge in [-0.05, 0) is 29.8 Å². The highest BCUT2D eigenvalue weighted by Gasteiger charge is 2.25. The lowest BCUT2D eigenvalue weighted by molar-refractivity contribution is 0.102. The summed E-state index contributed by atoms with van der Waals surface area (Å²) in [6, 6.07) is 14.0. The van der Waals surface area contributed by atoms with Gasteiger partial charge in [0.15, 0.2) is 5.13 Å². The smallest absolute Gasteiger partial charge is 0.257 e. The molecule has 1 aromatic heterocycles. The fourth-order valence-electron chi connectivity index (χ4n) is 3.65. The van der Waals surface area contributed by atoms with Gasteiger partial charge in [-0.1, -0.05) is 24.3 Å². The van der Waals surface area contributed by atoms with Gasteiger partial charge in [-0.3, -0.25) is 10.1 Å². The van der Waals surface area contributed by atoms with Crippen molar-refractivity contribution >= 4 is 32.4 Å². The number of benzene rings is 2. The first-order valence-corrected chi connectivity index (χ1v) is 12.7. The minimum absolute atomic E-state index is 0.107. The van der Waals surface area contributed by atoms with E-state index in [4.69, 9.17) is 9.47 Å². The van der Waals surface area contributed by atoms with Crippen molar-refractivity contribution in [3.05, 3.63) is 64.5 Å². The molecule has 0 saturated heterocycles. The number of hydrogen-bond donors (Lipinski definition) is 1. The topological polar surface area (TPSA) is 97.8 Å². The first-order chi connectivity index (χ1) is 15.9. The highest BCUT2D eigenvalue weighted by Crippen LogP contribution is 2.40. The van der Waals surface area contributed by atoms with Gasteiger partial charge in [0.25, 0.3) is 5.91 Å². The lowest BCUT2D eigenvalue weighted by atomic mass is 10.1. The zero-order valence-corrected chi connectivity index (χ0v) is 20.0. The largest absolute Gasteiger partial charge is 0.383 e. The highest BCUT2D eigenvalue weighted by molar-refractivity contribution is 7.89. The lowest BCUT2D eigenvalue weighted by Crippen LogP contribution is -2.36. The summed E-state index contributed by atoms with van der Waals surface area (Å²) in [7, 11) is -0.706. The molecule has 0 saturated carbocycles. The fraction of sp³-hybridized carbons (Fsp3) is 0.304. The molecule has 0 aliphatic heterocycles. The molecule has 10 heteroatoms. The fourth-order valence-corrected chi connectivity index (χ4v) is 6.05. The predicted octanol–water partition coefficient (Wildman–Crippen LogP) is 3.25. The van der Waals surface area contributed by atoms with Gasteiger partial charge in [0, 0.05) is 49.7 Å². The van der Waals surface area contributed by atoms with Gasteiger partial charge in [-0.2, -0.15) is 4.31 Å². The summed E-state index contributed by atoms with van der Waals surface area (Å²) in [5.41, 5.74) is 3.61. The Morgan fingerprint density at radius 1 is 1.06 bits per heavy atom. The minimum atomic E-state index is -3.74. The van der Waals surface area contributed by atoms with Gasteiger partial charge in [-0.25, -0.2) is 13.4 Å². The number of nitrogens with one attached hydrogen (secondary N) is 1. The first-order valence-electron chi connectivity index (χ1n) is 10.4. The van der Waals surface area contributed by atoms with E-state index in [1.807, 2.05) is 18.2 Å². The molecule has 174 valence electrons. The Morgan fingerprint density at radius 3 is 2.39 bits per heavy atom. The van der Waals surface area contributed by atoms with Crippen molar-refractivity contribution in [3.8, 4) is 11.3 Å². The van der Waals surface area contributed by atoms with E-state index < -0.39 is 10.0 Å². The zero-order valence-electron chi connectivity index (χ0n) is 18.4. The summed E-state index contributed by atoms with van der Waals surface area (Å²) in [4.78, 5) is 18.6. The quantitative estimate of drug-likeness (QED) is 0.369. The molecular formula is C23H25N3O5S2. The van der Waals surface area contributed by atoms with Crippen LogP contribution in [-0.2, 0) is 25.9 Å². The molecule has 0 atom stereocenters. The van der Waals surface area contributed by atoms with Crippen LogP contribution in [-0.4, -0.2) is 64.1 Å². The van der Waals surface area contributed by atoms with Crippen LogP contribution in [0, 0.1) is 0 Å². The average molecular weight is 488 g/mol. The number of fused-ring (bicyclic) bond motifs is 3. The number of anilines is 1.